The molecule has 1 aromatic heterocycles. The summed E-state index contributed by atoms with van der Waals surface area (Å²) in [6.07, 6.45) is 2.50. The first kappa shape index (κ1) is 14.6. The number of nitrogens with zero attached hydrogens (tertiary/aromatic N) is 1. The first-order chi connectivity index (χ1) is 9.70. The van der Waals surface area contributed by atoms with E-state index in [4.69, 9.17) is 22.1 Å². The SMILES string of the molecule is NCCCn1cccc(OCc2cccc(Cl)c2)c1=O. The normalized spacial score (nSPS) is 10.5. The maximum Gasteiger partial charge on any atom is 0.292 e. The van der Waals surface area contributed by atoms with Crippen LogP contribution in [0.1, 0.15) is 12.0 Å². The molecule has 0 spiro atoms. The molecule has 0 aliphatic carbocycles. The Bertz CT molecular complexity index is 625. The molecule has 0 amide bonds. The summed E-state index contributed by atoms with van der Waals surface area (Å²) in [5.41, 5.74) is 6.24. The predicted octanol–water partition coefficient (Wildman–Crippen LogP) is 2.43. The molecule has 106 valence electrons. The number of rotatable bonds is 6. The average molecular weight is 293 g/mol. The van der Waals surface area contributed by atoms with E-state index in [2.05, 4.69) is 0 Å². The smallest absolute Gasteiger partial charge is 0.292 e. The number of nitrogens with two attached hydrogens (primary N) is 1. The first-order valence-electron chi connectivity index (χ1n) is 6.47. The average Bonchev–Trinajstić information content (AvgIpc) is 2.45. The van der Waals surface area contributed by atoms with Gasteiger partial charge in [-0.15, -0.1) is 0 Å². The van der Waals surface area contributed by atoms with E-state index in [-0.39, 0.29) is 5.56 Å². The second-order valence-electron chi connectivity index (χ2n) is 4.43. The summed E-state index contributed by atoms with van der Waals surface area (Å²) in [7, 11) is 0. The van der Waals surface area contributed by atoms with Gasteiger partial charge in [-0.25, -0.2) is 0 Å². The molecule has 2 aromatic rings. The van der Waals surface area contributed by atoms with Crippen LogP contribution in [0, 0.1) is 0 Å². The van der Waals surface area contributed by atoms with Crippen molar-refractivity contribution >= 4 is 11.6 Å². The standard InChI is InChI=1S/C15H17ClN2O2/c16-13-5-1-4-12(10-13)11-20-14-6-2-8-18(15(14)19)9-3-7-17/h1-2,4-6,8,10H,3,7,9,11,17H2. The van der Waals surface area contributed by atoms with E-state index in [1.165, 1.54) is 0 Å². The number of halogens is 1. The summed E-state index contributed by atoms with van der Waals surface area (Å²) in [4.78, 5) is 12.1. The molecule has 2 N–H and O–H groups in total. The van der Waals surface area contributed by atoms with Gasteiger partial charge in [0.1, 0.15) is 6.61 Å². The van der Waals surface area contributed by atoms with Crippen molar-refractivity contribution in [1.29, 1.82) is 0 Å². The highest BCUT2D eigenvalue weighted by Crippen LogP contribution is 2.12. The van der Waals surface area contributed by atoms with E-state index in [0.717, 1.165) is 12.0 Å². The Kier molecular flexibility index (Phi) is 5.21. The summed E-state index contributed by atoms with van der Waals surface area (Å²) in [6, 6.07) is 10.8. The summed E-state index contributed by atoms with van der Waals surface area (Å²) < 4.78 is 7.19. The lowest BCUT2D eigenvalue weighted by atomic mass is 10.2. The molecule has 0 atom stereocenters. The van der Waals surface area contributed by atoms with E-state index in [1.54, 1.807) is 29.0 Å². The van der Waals surface area contributed by atoms with Crippen molar-refractivity contribution in [2.45, 2.75) is 19.6 Å². The number of pyridine rings is 1. The van der Waals surface area contributed by atoms with Gasteiger partial charge in [0.15, 0.2) is 5.75 Å². The minimum Gasteiger partial charge on any atom is -0.483 e. The fourth-order valence-electron chi connectivity index (χ4n) is 1.85. The number of aromatic nitrogens is 1. The van der Waals surface area contributed by atoms with Crippen LogP contribution in [0.25, 0.3) is 0 Å². The van der Waals surface area contributed by atoms with Crippen LogP contribution in [0.2, 0.25) is 5.02 Å². The zero-order chi connectivity index (χ0) is 14.4. The van der Waals surface area contributed by atoms with Gasteiger partial charge >= 0.3 is 0 Å². The monoisotopic (exact) mass is 292 g/mol. The zero-order valence-corrected chi connectivity index (χ0v) is 11.8. The van der Waals surface area contributed by atoms with Crippen LogP contribution in [0.3, 0.4) is 0 Å². The summed E-state index contributed by atoms with van der Waals surface area (Å²) >= 11 is 5.91. The first-order valence-corrected chi connectivity index (χ1v) is 6.85. The summed E-state index contributed by atoms with van der Waals surface area (Å²) in [5.74, 6) is 0.337. The van der Waals surface area contributed by atoms with Gasteiger partial charge < -0.3 is 15.0 Å². The van der Waals surface area contributed by atoms with Crippen LogP contribution in [0.4, 0.5) is 0 Å². The minimum atomic E-state index is -0.136. The molecule has 2 rings (SSSR count). The van der Waals surface area contributed by atoms with E-state index < -0.39 is 0 Å². The van der Waals surface area contributed by atoms with Gasteiger partial charge in [0.25, 0.3) is 5.56 Å². The van der Waals surface area contributed by atoms with Gasteiger partial charge in [-0.2, -0.15) is 0 Å². The molecule has 0 aliphatic rings. The molecule has 5 heteroatoms. The predicted molar refractivity (Wildman–Crippen MR) is 80.2 cm³/mol. The lowest BCUT2D eigenvalue weighted by molar-refractivity contribution is 0.299. The number of hydrogen-bond acceptors (Lipinski definition) is 3. The van der Waals surface area contributed by atoms with Gasteiger partial charge in [0.05, 0.1) is 0 Å². The van der Waals surface area contributed by atoms with Crippen molar-refractivity contribution in [3.8, 4) is 5.75 Å². The van der Waals surface area contributed by atoms with Gasteiger partial charge in [-0.3, -0.25) is 4.79 Å². The topological polar surface area (TPSA) is 57.2 Å². The largest absolute Gasteiger partial charge is 0.483 e. The third-order valence-corrected chi connectivity index (χ3v) is 3.11. The van der Waals surface area contributed by atoms with Crippen LogP contribution >= 0.6 is 11.6 Å². The van der Waals surface area contributed by atoms with E-state index in [0.29, 0.717) is 30.5 Å². The van der Waals surface area contributed by atoms with Crippen molar-refractivity contribution in [3.05, 3.63) is 63.5 Å². The van der Waals surface area contributed by atoms with Crippen molar-refractivity contribution in [2.75, 3.05) is 6.54 Å². The third kappa shape index (κ3) is 3.85. The van der Waals surface area contributed by atoms with Gasteiger partial charge in [0.2, 0.25) is 0 Å². The second-order valence-corrected chi connectivity index (χ2v) is 4.87. The second kappa shape index (κ2) is 7.12. The molecule has 0 radical (unpaired) electrons. The molecule has 0 fully saturated rings. The Morgan fingerprint density at radius 1 is 1.25 bits per heavy atom. The quantitative estimate of drug-likeness (QED) is 0.889. The van der Waals surface area contributed by atoms with E-state index in [1.807, 2.05) is 18.2 Å². The van der Waals surface area contributed by atoms with Crippen LogP contribution in [0.15, 0.2) is 47.4 Å². The maximum absolute atomic E-state index is 12.1. The summed E-state index contributed by atoms with van der Waals surface area (Å²) in [5, 5.41) is 0.652. The molecule has 1 aromatic carbocycles. The summed E-state index contributed by atoms with van der Waals surface area (Å²) in [6.45, 7) is 1.47. The van der Waals surface area contributed by atoms with Gasteiger partial charge in [0, 0.05) is 17.8 Å². The Morgan fingerprint density at radius 3 is 2.85 bits per heavy atom. The van der Waals surface area contributed by atoms with E-state index in [9.17, 15) is 4.79 Å². The highest BCUT2D eigenvalue weighted by atomic mass is 35.5. The third-order valence-electron chi connectivity index (χ3n) is 2.87. The van der Waals surface area contributed by atoms with Crippen LogP contribution in [0.5, 0.6) is 5.75 Å². The molecule has 1 heterocycles. The number of hydrogen-bond donors (Lipinski definition) is 1. The molecule has 0 aliphatic heterocycles. The van der Waals surface area contributed by atoms with Crippen molar-refractivity contribution in [3.63, 3.8) is 0 Å². The van der Waals surface area contributed by atoms with Crippen LogP contribution in [-0.4, -0.2) is 11.1 Å². The molecular weight excluding hydrogens is 276 g/mol. The van der Waals surface area contributed by atoms with E-state index >= 15 is 0 Å². The highest BCUT2D eigenvalue weighted by Gasteiger charge is 2.04. The molecule has 4 nitrogen and oxygen atoms in total. The Hall–Kier alpha value is -1.78. The molecule has 0 saturated carbocycles. The Morgan fingerprint density at radius 2 is 2.10 bits per heavy atom. The lowest BCUT2D eigenvalue weighted by Gasteiger charge is -2.09. The number of ether oxygens (including phenoxy) is 1. The van der Waals surface area contributed by atoms with Gasteiger partial charge in [-0.05, 0) is 42.8 Å². The molecule has 0 unspecified atom stereocenters. The van der Waals surface area contributed by atoms with Gasteiger partial charge in [-0.1, -0.05) is 23.7 Å². The zero-order valence-electron chi connectivity index (χ0n) is 11.1. The Balaban J connectivity index is 2.08. The van der Waals surface area contributed by atoms with Crippen LogP contribution < -0.4 is 16.0 Å². The maximum atomic E-state index is 12.1. The van der Waals surface area contributed by atoms with Crippen molar-refractivity contribution in [1.82, 2.24) is 4.57 Å². The van der Waals surface area contributed by atoms with Crippen molar-refractivity contribution in [2.24, 2.45) is 5.73 Å². The highest BCUT2D eigenvalue weighted by molar-refractivity contribution is 6.30. The molecule has 0 bridgehead atoms. The fourth-order valence-corrected chi connectivity index (χ4v) is 2.06. The number of aryl methyl sites for hydroxylation is 1. The number of benzene rings is 1. The minimum absolute atomic E-state index is 0.136. The van der Waals surface area contributed by atoms with Crippen molar-refractivity contribution < 1.29 is 4.74 Å². The Labute approximate surface area is 122 Å². The lowest BCUT2D eigenvalue weighted by Crippen LogP contribution is -2.22. The molecule has 20 heavy (non-hydrogen) atoms. The van der Waals surface area contributed by atoms with Crippen LogP contribution in [-0.2, 0) is 13.2 Å². The molecule has 0 saturated heterocycles. The fraction of sp³-hybridized carbons (Fsp3) is 0.267. The molecular formula is C15H17ClN2O2.